The van der Waals surface area contributed by atoms with Gasteiger partial charge >= 0.3 is 5.97 Å². The summed E-state index contributed by atoms with van der Waals surface area (Å²) in [5.74, 6) is -0.500. The topological polar surface area (TPSA) is 93.9 Å². The summed E-state index contributed by atoms with van der Waals surface area (Å²) in [7, 11) is 1.25. The molecule has 1 heterocycles. The first-order valence-electron chi connectivity index (χ1n) is 5.19. The van der Waals surface area contributed by atoms with Gasteiger partial charge in [-0.15, -0.1) is 0 Å². The lowest BCUT2D eigenvalue weighted by Crippen LogP contribution is -2.07. The Bertz CT molecular complexity index is 688. The molecule has 2 rings (SSSR count). The smallest absolute Gasteiger partial charge is 0.360 e. The van der Waals surface area contributed by atoms with E-state index < -0.39 is 5.97 Å². The highest BCUT2D eigenvalue weighted by molar-refractivity contribution is 6.32. The molecule has 0 spiro atoms. The van der Waals surface area contributed by atoms with E-state index in [1.165, 1.54) is 24.1 Å². The van der Waals surface area contributed by atoms with Crippen molar-refractivity contribution in [2.24, 2.45) is 0 Å². The Hall–Kier alpha value is -2.52. The van der Waals surface area contributed by atoms with Crippen LogP contribution in [0, 0.1) is 11.3 Å². The molecule has 2 N–H and O–H groups in total. The van der Waals surface area contributed by atoms with Gasteiger partial charge in [-0.05, 0) is 18.2 Å². The molecule has 0 aliphatic heterocycles. The van der Waals surface area contributed by atoms with Gasteiger partial charge in [0.15, 0.2) is 5.69 Å². The quantitative estimate of drug-likeness (QED) is 0.844. The zero-order chi connectivity index (χ0) is 14.0. The Kier molecular flexibility index (Phi) is 3.40. The fourth-order valence-corrected chi connectivity index (χ4v) is 1.85. The number of halogens is 1. The van der Waals surface area contributed by atoms with Crippen LogP contribution in [0.4, 0.5) is 5.82 Å². The van der Waals surface area contributed by atoms with E-state index in [0.717, 1.165) is 0 Å². The average Bonchev–Trinajstić information content (AvgIpc) is 2.79. The molecule has 6 nitrogen and oxygen atoms in total. The number of carbonyl (C=O) groups is 1. The molecule has 19 heavy (non-hydrogen) atoms. The van der Waals surface area contributed by atoms with Gasteiger partial charge in [-0.3, -0.25) is 4.57 Å². The van der Waals surface area contributed by atoms with E-state index in [-0.39, 0.29) is 11.5 Å². The molecular formula is C12H9ClN4O2. The highest BCUT2D eigenvalue weighted by atomic mass is 35.5. The normalized spacial score (nSPS) is 9.95. The van der Waals surface area contributed by atoms with Gasteiger partial charge in [0.05, 0.1) is 29.5 Å². The van der Waals surface area contributed by atoms with Gasteiger partial charge in [-0.1, -0.05) is 11.6 Å². The molecule has 96 valence electrons. The fourth-order valence-electron chi connectivity index (χ4n) is 1.58. The van der Waals surface area contributed by atoms with E-state index in [1.54, 1.807) is 12.1 Å². The summed E-state index contributed by atoms with van der Waals surface area (Å²) >= 11 is 6.07. The molecule has 0 unspecified atom stereocenters. The number of nitrogens with zero attached hydrogens (tertiary/aromatic N) is 3. The number of hydrogen-bond donors (Lipinski definition) is 1. The molecule has 0 radical (unpaired) electrons. The van der Waals surface area contributed by atoms with Gasteiger partial charge in [0.25, 0.3) is 0 Å². The van der Waals surface area contributed by atoms with Crippen LogP contribution < -0.4 is 5.73 Å². The Morgan fingerprint density at radius 2 is 2.32 bits per heavy atom. The third-order valence-electron chi connectivity index (χ3n) is 2.52. The number of nitrogen functional groups attached to an aromatic ring is 1. The van der Waals surface area contributed by atoms with Crippen LogP contribution in [0.25, 0.3) is 5.69 Å². The second kappa shape index (κ2) is 5.00. The van der Waals surface area contributed by atoms with Crippen molar-refractivity contribution in [2.75, 3.05) is 12.8 Å². The van der Waals surface area contributed by atoms with Crippen LogP contribution in [0.3, 0.4) is 0 Å². The van der Waals surface area contributed by atoms with Crippen molar-refractivity contribution in [3.63, 3.8) is 0 Å². The van der Waals surface area contributed by atoms with Crippen LogP contribution in [0.1, 0.15) is 16.1 Å². The zero-order valence-electron chi connectivity index (χ0n) is 9.92. The van der Waals surface area contributed by atoms with E-state index in [0.29, 0.717) is 16.3 Å². The largest absolute Gasteiger partial charge is 0.464 e. The van der Waals surface area contributed by atoms with Crippen LogP contribution in [-0.2, 0) is 4.74 Å². The number of ether oxygens (including phenoxy) is 1. The first-order chi connectivity index (χ1) is 9.08. The molecule has 0 atom stereocenters. The van der Waals surface area contributed by atoms with Crippen LogP contribution >= 0.6 is 11.6 Å². The Balaban J connectivity index is 2.52. The van der Waals surface area contributed by atoms with Crippen molar-refractivity contribution in [3.8, 4) is 11.8 Å². The zero-order valence-corrected chi connectivity index (χ0v) is 10.7. The van der Waals surface area contributed by atoms with Crippen LogP contribution in [0.2, 0.25) is 5.02 Å². The first kappa shape index (κ1) is 12.9. The lowest BCUT2D eigenvalue weighted by molar-refractivity contribution is 0.0596. The Morgan fingerprint density at radius 3 is 2.89 bits per heavy atom. The Labute approximate surface area is 114 Å². The second-order valence-electron chi connectivity index (χ2n) is 3.62. The third-order valence-corrected chi connectivity index (χ3v) is 2.82. The number of anilines is 1. The predicted molar refractivity (Wildman–Crippen MR) is 69.0 cm³/mol. The lowest BCUT2D eigenvalue weighted by atomic mass is 10.2. The predicted octanol–water partition coefficient (Wildman–Crippen LogP) is 1.77. The summed E-state index contributed by atoms with van der Waals surface area (Å²) in [6, 6.07) is 6.71. The van der Waals surface area contributed by atoms with Crippen LogP contribution in [0.15, 0.2) is 24.5 Å². The standard InChI is InChI=1S/C12H9ClN4O2/c1-19-12(18)10-11(15)17(6-16-10)9-3-2-7(5-14)4-8(9)13/h2-4,6H,15H2,1H3. The number of esters is 1. The van der Waals surface area contributed by atoms with E-state index in [4.69, 9.17) is 22.6 Å². The SMILES string of the molecule is COC(=O)c1ncn(-c2ccc(C#N)cc2Cl)c1N. The number of nitriles is 1. The third kappa shape index (κ3) is 2.23. The van der Waals surface area contributed by atoms with Gasteiger partial charge in [-0.25, -0.2) is 9.78 Å². The summed E-state index contributed by atoms with van der Waals surface area (Å²) in [5, 5.41) is 9.11. The number of benzene rings is 1. The van der Waals surface area contributed by atoms with Crippen molar-refractivity contribution >= 4 is 23.4 Å². The van der Waals surface area contributed by atoms with E-state index in [9.17, 15) is 4.79 Å². The maximum atomic E-state index is 11.4. The molecule has 1 aromatic heterocycles. The van der Waals surface area contributed by atoms with Crippen molar-refractivity contribution in [1.29, 1.82) is 5.26 Å². The number of hydrogen-bond acceptors (Lipinski definition) is 5. The van der Waals surface area contributed by atoms with Gasteiger partial charge in [0, 0.05) is 0 Å². The van der Waals surface area contributed by atoms with Crippen molar-refractivity contribution < 1.29 is 9.53 Å². The maximum absolute atomic E-state index is 11.4. The number of carbonyl (C=O) groups excluding carboxylic acids is 1. The lowest BCUT2D eigenvalue weighted by Gasteiger charge is -2.07. The van der Waals surface area contributed by atoms with Crippen LogP contribution in [-0.4, -0.2) is 22.6 Å². The highest BCUT2D eigenvalue weighted by Crippen LogP contribution is 2.25. The van der Waals surface area contributed by atoms with Gasteiger partial charge < -0.3 is 10.5 Å². The molecule has 0 bridgehead atoms. The van der Waals surface area contributed by atoms with Crippen molar-refractivity contribution in [3.05, 3.63) is 40.8 Å². The number of methoxy groups -OCH3 is 1. The maximum Gasteiger partial charge on any atom is 0.360 e. The fraction of sp³-hybridized carbons (Fsp3) is 0.0833. The molecule has 0 aliphatic carbocycles. The summed E-state index contributed by atoms with van der Waals surface area (Å²) in [4.78, 5) is 15.3. The summed E-state index contributed by atoms with van der Waals surface area (Å²) in [6.45, 7) is 0. The number of imidazole rings is 1. The van der Waals surface area contributed by atoms with E-state index in [2.05, 4.69) is 9.72 Å². The number of nitrogens with two attached hydrogens (primary N) is 1. The number of rotatable bonds is 2. The average molecular weight is 277 g/mol. The van der Waals surface area contributed by atoms with Crippen molar-refractivity contribution in [1.82, 2.24) is 9.55 Å². The summed E-state index contributed by atoms with van der Waals surface area (Å²) < 4.78 is 6.02. The summed E-state index contributed by atoms with van der Waals surface area (Å²) in [6.07, 6.45) is 1.37. The van der Waals surface area contributed by atoms with E-state index in [1.807, 2.05) is 6.07 Å². The van der Waals surface area contributed by atoms with Gasteiger partial charge in [-0.2, -0.15) is 5.26 Å². The molecule has 0 saturated heterocycles. The summed E-state index contributed by atoms with van der Waals surface area (Å²) in [5.41, 5.74) is 6.80. The molecule has 0 aliphatic rings. The van der Waals surface area contributed by atoms with Gasteiger partial charge in [0.2, 0.25) is 0 Å². The molecule has 1 aromatic carbocycles. The molecule has 0 saturated carbocycles. The first-order valence-corrected chi connectivity index (χ1v) is 5.57. The Morgan fingerprint density at radius 1 is 1.58 bits per heavy atom. The molecular weight excluding hydrogens is 268 g/mol. The van der Waals surface area contributed by atoms with Gasteiger partial charge in [0.1, 0.15) is 12.1 Å². The number of aromatic nitrogens is 2. The van der Waals surface area contributed by atoms with Crippen LogP contribution in [0.5, 0.6) is 0 Å². The molecule has 0 amide bonds. The monoisotopic (exact) mass is 276 g/mol. The minimum absolute atomic E-state index is 0.0166. The van der Waals surface area contributed by atoms with Crippen molar-refractivity contribution in [2.45, 2.75) is 0 Å². The van der Waals surface area contributed by atoms with E-state index >= 15 is 0 Å². The molecule has 7 heteroatoms. The minimum Gasteiger partial charge on any atom is -0.464 e. The highest BCUT2D eigenvalue weighted by Gasteiger charge is 2.18. The molecule has 0 fully saturated rings. The minimum atomic E-state index is -0.624. The second-order valence-corrected chi connectivity index (χ2v) is 4.03. The molecule has 2 aromatic rings.